The Balaban J connectivity index is 1.71. The molecule has 0 radical (unpaired) electrons. The normalized spacial score (nSPS) is 12.9. The van der Waals surface area contributed by atoms with Gasteiger partial charge >= 0.3 is 5.97 Å². The van der Waals surface area contributed by atoms with Crippen LogP contribution < -0.4 is 15.4 Å². The third-order valence-corrected chi connectivity index (χ3v) is 4.70. The topological polar surface area (TPSA) is 133 Å². The molecule has 11 heteroatoms. The Kier molecular flexibility index (Phi) is 5.48. The van der Waals surface area contributed by atoms with Gasteiger partial charge in [0, 0.05) is 19.0 Å². The average Bonchev–Trinajstić information content (AvgIpc) is 3.54. The number of anilines is 3. The van der Waals surface area contributed by atoms with E-state index in [1.54, 1.807) is 30.2 Å². The van der Waals surface area contributed by atoms with Crippen LogP contribution in [0.25, 0.3) is 11.4 Å². The fourth-order valence-electron chi connectivity index (χ4n) is 3.01. The lowest BCUT2D eigenvalue weighted by molar-refractivity contribution is -0.117. The van der Waals surface area contributed by atoms with Crippen molar-refractivity contribution in [1.82, 2.24) is 25.0 Å². The van der Waals surface area contributed by atoms with Crippen molar-refractivity contribution in [3.63, 3.8) is 0 Å². The summed E-state index contributed by atoms with van der Waals surface area (Å²) in [6, 6.07) is 6.94. The number of nitrogens with one attached hydrogen (secondary N) is 2. The second kappa shape index (κ2) is 8.38. The number of methoxy groups -OCH3 is 2. The van der Waals surface area contributed by atoms with Gasteiger partial charge in [-0.25, -0.2) is 9.78 Å². The average molecular weight is 423 g/mol. The molecule has 0 unspecified atom stereocenters. The van der Waals surface area contributed by atoms with Crippen LogP contribution in [0.1, 0.15) is 23.3 Å². The van der Waals surface area contributed by atoms with Crippen LogP contribution in [-0.4, -0.2) is 51.1 Å². The zero-order valence-electron chi connectivity index (χ0n) is 17.2. The van der Waals surface area contributed by atoms with E-state index in [0.29, 0.717) is 28.5 Å². The van der Waals surface area contributed by atoms with Crippen LogP contribution in [0, 0.1) is 5.92 Å². The highest BCUT2D eigenvalue weighted by Gasteiger charge is 2.30. The first-order chi connectivity index (χ1) is 15.0. The SMILES string of the molecule is COC(=O)c1nnc(NC(=O)C2CC2)cc1Nc1cccc(-c2ncn(C)n2)c1OC. The molecule has 1 aliphatic rings. The number of carbonyl (C=O) groups is 2. The van der Waals surface area contributed by atoms with Gasteiger partial charge in [0.05, 0.1) is 31.2 Å². The Morgan fingerprint density at radius 2 is 1.97 bits per heavy atom. The number of hydrogen-bond donors (Lipinski definition) is 2. The van der Waals surface area contributed by atoms with Gasteiger partial charge in [-0.3, -0.25) is 9.48 Å². The van der Waals surface area contributed by atoms with E-state index in [1.165, 1.54) is 20.3 Å². The number of para-hydroxylation sites is 1. The Hall–Kier alpha value is -4.02. The monoisotopic (exact) mass is 423 g/mol. The van der Waals surface area contributed by atoms with Crippen molar-refractivity contribution in [3.8, 4) is 17.1 Å². The van der Waals surface area contributed by atoms with Gasteiger partial charge in [-0.15, -0.1) is 10.2 Å². The molecular formula is C20H21N7O4. The van der Waals surface area contributed by atoms with Crippen LogP contribution in [0.15, 0.2) is 30.6 Å². The van der Waals surface area contributed by atoms with E-state index in [0.717, 1.165) is 12.8 Å². The number of aromatic nitrogens is 5. The van der Waals surface area contributed by atoms with Crippen LogP contribution in [0.3, 0.4) is 0 Å². The molecule has 2 heterocycles. The Bertz CT molecular complexity index is 1140. The summed E-state index contributed by atoms with van der Waals surface area (Å²) >= 11 is 0. The van der Waals surface area contributed by atoms with E-state index in [9.17, 15) is 9.59 Å². The molecule has 31 heavy (non-hydrogen) atoms. The molecule has 1 aliphatic carbocycles. The molecule has 160 valence electrons. The Labute approximate surface area is 177 Å². The lowest BCUT2D eigenvalue weighted by Crippen LogP contribution is -2.17. The van der Waals surface area contributed by atoms with E-state index in [-0.39, 0.29) is 23.3 Å². The third kappa shape index (κ3) is 4.29. The van der Waals surface area contributed by atoms with Gasteiger partial charge < -0.3 is 20.1 Å². The summed E-state index contributed by atoms with van der Waals surface area (Å²) in [5, 5.41) is 18.1. The van der Waals surface area contributed by atoms with Gasteiger partial charge in [-0.1, -0.05) is 6.07 Å². The Morgan fingerprint density at radius 1 is 1.16 bits per heavy atom. The van der Waals surface area contributed by atoms with Crippen molar-refractivity contribution in [2.75, 3.05) is 24.9 Å². The highest BCUT2D eigenvalue weighted by molar-refractivity contribution is 5.97. The molecule has 2 N–H and O–H groups in total. The molecule has 2 aromatic heterocycles. The molecule has 0 saturated heterocycles. The Morgan fingerprint density at radius 3 is 2.61 bits per heavy atom. The van der Waals surface area contributed by atoms with Gasteiger partial charge in [0.25, 0.3) is 0 Å². The molecule has 3 aromatic rings. The minimum absolute atomic E-state index is 0.00106. The van der Waals surface area contributed by atoms with Crippen molar-refractivity contribution < 1.29 is 19.1 Å². The lowest BCUT2D eigenvalue weighted by Gasteiger charge is -2.15. The standard InChI is InChI=1S/C20H21N7O4/c1-27-10-21-18(26-27)12-5-4-6-13(17(12)30-2)22-14-9-15(23-19(28)11-7-8-11)24-25-16(14)20(29)31-3/h4-6,9-11H,7-8H2,1-3H3,(H2,22,23,24,28). The van der Waals surface area contributed by atoms with E-state index in [2.05, 4.69) is 30.9 Å². The van der Waals surface area contributed by atoms with Gasteiger partial charge in [0.15, 0.2) is 23.1 Å². The van der Waals surface area contributed by atoms with Crippen molar-refractivity contribution >= 4 is 29.1 Å². The van der Waals surface area contributed by atoms with Crippen LogP contribution in [0.4, 0.5) is 17.2 Å². The number of ether oxygens (including phenoxy) is 2. The number of hydrogen-bond acceptors (Lipinski definition) is 9. The largest absolute Gasteiger partial charge is 0.494 e. The predicted molar refractivity (Wildman–Crippen MR) is 111 cm³/mol. The van der Waals surface area contributed by atoms with Crippen molar-refractivity contribution in [1.29, 1.82) is 0 Å². The summed E-state index contributed by atoms with van der Waals surface area (Å²) in [6.45, 7) is 0. The van der Waals surface area contributed by atoms with Crippen molar-refractivity contribution in [3.05, 3.63) is 36.3 Å². The maximum absolute atomic E-state index is 12.2. The molecule has 0 aliphatic heterocycles. The first-order valence-corrected chi connectivity index (χ1v) is 9.57. The molecule has 4 rings (SSSR count). The maximum Gasteiger partial charge on any atom is 0.360 e. The molecule has 0 bridgehead atoms. The van der Waals surface area contributed by atoms with Gasteiger partial charge in [-0.05, 0) is 25.0 Å². The summed E-state index contributed by atoms with van der Waals surface area (Å²) in [7, 11) is 4.55. The summed E-state index contributed by atoms with van der Waals surface area (Å²) in [5.41, 5.74) is 1.48. The molecule has 11 nitrogen and oxygen atoms in total. The minimum Gasteiger partial charge on any atom is -0.494 e. The number of nitrogens with zero attached hydrogens (tertiary/aromatic N) is 5. The van der Waals surface area contributed by atoms with Gasteiger partial charge in [0.1, 0.15) is 6.33 Å². The number of carbonyl (C=O) groups excluding carboxylic acids is 2. The number of amides is 1. The second-order valence-corrected chi connectivity index (χ2v) is 7.00. The number of aryl methyl sites for hydroxylation is 1. The number of rotatable bonds is 7. The molecule has 1 amide bonds. The summed E-state index contributed by atoms with van der Waals surface area (Å²) in [4.78, 5) is 28.6. The highest BCUT2D eigenvalue weighted by atomic mass is 16.5. The fraction of sp³-hybridized carbons (Fsp3) is 0.300. The van der Waals surface area contributed by atoms with E-state index in [4.69, 9.17) is 9.47 Å². The van der Waals surface area contributed by atoms with E-state index >= 15 is 0 Å². The van der Waals surface area contributed by atoms with Gasteiger partial charge in [0.2, 0.25) is 5.91 Å². The summed E-state index contributed by atoms with van der Waals surface area (Å²) < 4.78 is 12.0. The smallest absolute Gasteiger partial charge is 0.360 e. The first-order valence-electron chi connectivity index (χ1n) is 9.57. The zero-order valence-corrected chi connectivity index (χ0v) is 17.2. The molecule has 0 atom stereocenters. The van der Waals surface area contributed by atoms with Crippen molar-refractivity contribution in [2.45, 2.75) is 12.8 Å². The van der Waals surface area contributed by atoms with Crippen molar-refractivity contribution in [2.24, 2.45) is 13.0 Å². The molecule has 1 fully saturated rings. The minimum atomic E-state index is -0.670. The highest BCUT2D eigenvalue weighted by Crippen LogP contribution is 2.37. The summed E-state index contributed by atoms with van der Waals surface area (Å²) in [5.74, 6) is 0.407. The van der Waals surface area contributed by atoms with Crippen LogP contribution in [0.5, 0.6) is 5.75 Å². The van der Waals surface area contributed by atoms with Crippen LogP contribution in [-0.2, 0) is 16.6 Å². The first kappa shape index (κ1) is 20.3. The fourth-order valence-corrected chi connectivity index (χ4v) is 3.01. The second-order valence-electron chi connectivity index (χ2n) is 7.00. The maximum atomic E-state index is 12.2. The number of benzene rings is 1. The molecule has 1 saturated carbocycles. The molecular weight excluding hydrogens is 402 g/mol. The quantitative estimate of drug-likeness (QED) is 0.548. The molecule has 0 spiro atoms. The van der Waals surface area contributed by atoms with Gasteiger partial charge in [-0.2, -0.15) is 5.10 Å². The van der Waals surface area contributed by atoms with E-state index < -0.39 is 5.97 Å². The summed E-state index contributed by atoms with van der Waals surface area (Å²) in [6.07, 6.45) is 3.30. The zero-order chi connectivity index (χ0) is 22.0. The van der Waals surface area contributed by atoms with Crippen LogP contribution in [0.2, 0.25) is 0 Å². The lowest BCUT2D eigenvalue weighted by atomic mass is 10.1. The number of esters is 1. The third-order valence-electron chi connectivity index (χ3n) is 4.70. The molecule has 1 aromatic carbocycles. The predicted octanol–water partition coefficient (Wildman–Crippen LogP) is 2.16. The van der Waals surface area contributed by atoms with Crippen LogP contribution >= 0.6 is 0 Å². The van der Waals surface area contributed by atoms with E-state index in [1.807, 2.05) is 6.07 Å².